The van der Waals surface area contributed by atoms with Crippen molar-refractivity contribution in [1.29, 1.82) is 0 Å². The summed E-state index contributed by atoms with van der Waals surface area (Å²) in [5.41, 5.74) is 1.07. The zero-order valence-electron chi connectivity index (χ0n) is 11.2. The van der Waals surface area contributed by atoms with Crippen LogP contribution < -0.4 is 0 Å². The fourth-order valence-electron chi connectivity index (χ4n) is 1.08. The number of carbonyl (C=O) groups is 1. The third-order valence-electron chi connectivity index (χ3n) is 2.27. The van der Waals surface area contributed by atoms with Gasteiger partial charge in [-0.1, -0.05) is 19.4 Å². The van der Waals surface area contributed by atoms with Gasteiger partial charge in [0.1, 0.15) is 25.5 Å². The summed E-state index contributed by atoms with van der Waals surface area (Å²) in [7, 11) is -0.233. The van der Waals surface area contributed by atoms with Gasteiger partial charge in [-0.25, -0.2) is 4.79 Å². The maximum absolute atomic E-state index is 11.2. The molecule has 0 aliphatic rings. The third-order valence-corrected chi connectivity index (χ3v) is 3.98. The molecule has 0 saturated heterocycles. The van der Waals surface area contributed by atoms with Crippen molar-refractivity contribution in [3.8, 4) is 0 Å². The molecule has 0 spiro atoms. The Hall–Kier alpha value is -0.820. The first kappa shape index (κ1) is 16.2. The molecule has 0 N–H and O–H groups in total. The number of hydrogen-bond acceptors (Lipinski definition) is 3. The Balaban J connectivity index is 3.62. The molecule has 0 rings (SSSR count). The molecule has 0 aromatic carbocycles. The van der Waals surface area contributed by atoms with Gasteiger partial charge in [0.25, 0.3) is 0 Å². The van der Waals surface area contributed by atoms with Crippen LogP contribution in [0.2, 0.25) is 0 Å². The molecule has 0 aromatic rings. The predicted molar refractivity (Wildman–Crippen MR) is 75.4 cm³/mol. The Morgan fingerprint density at radius 1 is 1.35 bits per heavy atom. The smallest absolute Gasteiger partial charge is 0.430 e. The number of rotatable bonds is 8. The molecular weight excluding hydrogens is 235 g/mol. The molecule has 17 heavy (non-hydrogen) atoms. The summed E-state index contributed by atoms with van der Waals surface area (Å²) in [5, 5.41) is 0. The molecule has 0 aliphatic carbocycles. The lowest BCUT2D eigenvalue weighted by Gasteiger charge is -2.05. The van der Waals surface area contributed by atoms with Gasteiger partial charge in [0.2, 0.25) is 0 Å². The van der Waals surface area contributed by atoms with Crippen molar-refractivity contribution < 1.29 is 14.3 Å². The standard InChI is InChI=1S/C13H24O3P/c1-5-7-8-12(3)11-16-13(14)15-9-10-17(4)6-2/h8H,4-7,9-11H2,1-3H3/q+1/b12-8+. The van der Waals surface area contributed by atoms with Gasteiger partial charge in [-0.15, -0.1) is 0 Å². The number of carbonyl (C=O) groups excluding carboxylic acids is 1. The second-order valence-corrected chi connectivity index (χ2v) is 6.36. The topological polar surface area (TPSA) is 35.5 Å². The first-order chi connectivity index (χ1) is 8.10. The first-order valence-electron chi connectivity index (χ1n) is 6.10. The number of allylic oxidation sites excluding steroid dienone is 1. The number of hydrogen-bond donors (Lipinski definition) is 0. The van der Waals surface area contributed by atoms with Crippen molar-refractivity contribution >= 4 is 20.0 Å². The van der Waals surface area contributed by atoms with Crippen molar-refractivity contribution in [2.24, 2.45) is 0 Å². The van der Waals surface area contributed by atoms with Gasteiger partial charge in [-0.3, -0.25) is 0 Å². The highest BCUT2D eigenvalue weighted by molar-refractivity contribution is 7.55. The molecule has 98 valence electrons. The minimum absolute atomic E-state index is 0.233. The highest BCUT2D eigenvalue weighted by Gasteiger charge is 2.07. The molecule has 0 heterocycles. The van der Waals surface area contributed by atoms with Gasteiger partial charge < -0.3 is 9.47 Å². The van der Waals surface area contributed by atoms with Crippen LogP contribution in [0.4, 0.5) is 4.79 Å². The van der Waals surface area contributed by atoms with Crippen molar-refractivity contribution in [3.63, 3.8) is 0 Å². The SMILES string of the molecule is C=[P+](CC)CCOC(=O)OC/C(C)=C/CCC. The van der Waals surface area contributed by atoms with Crippen LogP contribution in [0.15, 0.2) is 11.6 Å². The second-order valence-electron chi connectivity index (χ2n) is 3.94. The van der Waals surface area contributed by atoms with E-state index in [1.165, 1.54) is 0 Å². The van der Waals surface area contributed by atoms with Crippen LogP contribution >= 0.6 is 7.55 Å². The molecule has 4 heteroatoms. The summed E-state index contributed by atoms with van der Waals surface area (Å²) in [6.07, 6.45) is 9.53. The Bertz CT molecular complexity index is 272. The van der Waals surface area contributed by atoms with Gasteiger partial charge in [-0.05, 0) is 25.8 Å². The molecule has 1 unspecified atom stereocenters. The van der Waals surface area contributed by atoms with E-state index in [4.69, 9.17) is 9.47 Å². The fraction of sp³-hybridized carbons (Fsp3) is 0.692. The Morgan fingerprint density at radius 2 is 2.06 bits per heavy atom. The molecule has 0 radical (unpaired) electrons. The summed E-state index contributed by atoms with van der Waals surface area (Å²) in [6.45, 7) is 6.91. The van der Waals surface area contributed by atoms with E-state index in [0.29, 0.717) is 13.2 Å². The van der Waals surface area contributed by atoms with Crippen molar-refractivity contribution in [3.05, 3.63) is 11.6 Å². The van der Waals surface area contributed by atoms with Gasteiger partial charge >= 0.3 is 6.16 Å². The lowest BCUT2D eigenvalue weighted by molar-refractivity contribution is 0.0661. The average molecular weight is 259 g/mol. The Kier molecular flexibility index (Phi) is 9.84. The van der Waals surface area contributed by atoms with Crippen molar-refractivity contribution in [2.75, 3.05) is 25.5 Å². The quantitative estimate of drug-likeness (QED) is 0.377. The van der Waals surface area contributed by atoms with E-state index in [1.54, 1.807) is 0 Å². The monoisotopic (exact) mass is 259 g/mol. The molecule has 0 saturated carbocycles. The van der Waals surface area contributed by atoms with E-state index in [9.17, 15) is 4.79 Å². The van der Waals surface area contributed by atoms with E-state index < -0.39 is 6.16 Å². The van der Waals surface area contributed by atoms with Crippen LogP contribution in [-0.4, -0.2) is 38.0 Å². The maximum Gasteiger partial charge on any atom is 0.508 e. The van der Waals surface area contributed by atoms with Crippen molar-refractivity contribution in [1.82, 2.24) is 0 Å². The predicted octanol–water partition coefficient (Wildman–Crippen LogP) is 3.82. The van der Waals surface area contributed by atoms with E-state index in [2.05, 4.69) is 26.2 Å². The van der Waals surface area contributed by atoms with E-state index >= 15 is 0 Å². The van der Waals surface area contributed by atoms with Crippen LogP contribution in [0, 0.1) is 0 Å². The van der Waals surface area contributed by atoms with E-state index in [1.807, 2.05) is 6.92 Å². The molecule has 0 amide bonds. The molecule has 0 aliphatic heterocycles. The number of ether oxygens (including phenoxy) is 2. The van der Waals surface area contributed by atoms with Crippen LogP contribution in [-0.2, 0) is 9.47 Å². The molecule has 0 bridgehead atoms. The highest BCUT2D eigenvalue weighted by atomic mass is 31.1. The molecule has 0 fully saturated rings. The van der Waals surface area contributed by atoms with Gasteiger partial charge in [-0.2, -0.15) is 0 Å². The summed E-state index contributed by atoms with van der Waals surface area (Å²) >= 11 is 0. The van der Waals surface area contributed by atoms with E-state index in [-0.39, 0.29) is 7.55 Å². The first-order valence-corrected chi connectivity index (χ1v) is 8.00. The molecule has 3 nitrogen and oxygen atoms in total. The summed E-state index contributed by atoms with van der Waals surface area (Å²) in [6, 6.07) is 0. The molecule has 1 atom stereocenters. The van der Waals surface area contributed by atoms with Crippen LogP contribution in [0.25, 0.3) is 0 Å². The number of unbranched alkanes of at least 4 members (excludes halogenated alkanes) is 1. The van der Waals surface area contributed by atoms with E-state index in [0.717, 1.165) is 30.7 Å². The highest BCUT2D eigenvalue weighted by Crippen LogP contribution is 2.17. The van der Waals surface area contributed by atoms with Crippen LogP contribution in [0.5, 0.6) is 0 Å². The largest absolute Gasteiger partial charge is 0.508 e. The minimum atomic E-state index is -0.575. The zero-order valence-corrected chi connectivity index (χ0v) is 12.1. The second kappa shape index (κ2) is 10.3. The maximum atomic E-state index is 11.2. The minimum Gasteiger partial charge on any atom is -0.430 e. The van der Waals surface area contributed by atoms with Crippen molar-refractivity contribution in [2.45, 2.75) is 33.6 Å². The normalized spacial score (nSPS) is 12.2. The van der Waals surface area contributed by atoms with Crippen LogP contribution in [0.1, 0.15) is 33.6 Å². The average Bonchev–Trinajstić information content (AvgIpc) is 2.33. The van der Waals surface area contributed by atoms with Gasteiger partial charge in [0.15, 0.2) is 0 Å². The van der Waals surface area contributed by atoms with Gasteiger partial charge in [0.05, 0.1) is 13.8 Å². The third kappa shape index (κ3) is 10.1. The summed E-state index contributed by atoms with van der Waals surface area (Å²) < 4.78 is 9.93. The summed E-state index contributed by atoms with van der Waals surface area (Å²) in [4.78, 5) is 11.2. The lowest BCUT2D eigenvalue weighted by atomic mass is 10.2. The Morgan fingerprint density at radius 3 is 2.65 bits per heavy atom. The molecule has 0 aromatic heterocycles. The van der Waals surface area contributed by atoms with Crippen LogP contribution in [0.3, 0.4) is 0 Å². The fourth-order valence-corrected chi connectivity index (χ4v) is 1.75. The summed E-state index contributed by atoms with van der Waals surface area (Å²) in [5.74, 6) is 0. The molecular formula is C13H24O3P+. The lowest BCUT2D eigenvalue weighted by Crippen LogP contribution is -2.11. The van der Waals surface area contributed by atoms with Gasteiger partial charge in [0, 0.05) is 0 Å². The Labute approximate surface area is 106 Å². The zero-order chi connectivity index (χ0) is 13.1.